The van der Waals surface area contributed by atoms with Crippen LogP contribution in [-0.2, 0) is 10.0 Å². The first-order chi connectivity index (χ1) is 10.5. The van der Waals surface area contributed by atoms with E-state index in [4.69, 9.17) is 4.74 Å². The van der Waals surface area contributed by atoms with Gasteiger partial charge in [0, 0.05) is 6.20 Å². The molecule has 1 aliphatic rings. The molecule has 0 spiro atoms. The Labute approximate surface area is 126 Å². The van der Waals surface area contributed by atoms with E-state index < -0.39 is 26.6 Å². The third-order valence-corrected chi connectivity index (χ3v) is 5.11. The first-order valence-electron chi connectivity index (χ1n) is 6.49. The number of aromatic nitrogens is 1. The second kappa shape index (κ2) is 5.62. The Balaban J connectivity index is 1.70. The quantitative estimate of drug-likeness (QED) is 0.860. The van der Waals surface area contributed by atoms with E-state index in [0.717, 1.165) is 16.4 Å². The Hall–Kier alpha value is -2.06. The van der Waals surface area contributed by atoms with Crippen molar-refractivity contribution in [2.75, 3.05) is 13.1 Å². The van der Waals surface area contributed by atoms with Gasteiger partial charge in [0.05, 0.1) is 19.3 Å². The predicted octanol–water partition coefficient (Wildman–Crippen LogP) is 1.81. The Kier molecular flexibility index (Phi) is 3.79. The summed E-state index contributed by atoms with van der Waals surface area (Å²) in [4.78, 5) is 3.22. The second-order valence-electron chi connectivity index (χ2n) is 4.83. The van der Waals surface area contributed by atoms with Crippen LogP contribution in [0.1, 0.15) is 0 Å². The number of hydrogen-bond acceptors (Lipinski definition) is 4. The number of halogens is 2. The van der Waals surface area contributed by atoms with Crippen molar-refractivity contribution in [1.29, 1.82) is 0 Å². The van der Waals surface area contributed by atoms with Gasteiger partial charge in [-0.25, -0.2) is 17.2 Å². The van der Waals surface area contributed by atoms with E-state index >= 15 is 0 Å². The molecule has 0 saturated carbocycles. The topological polar surface area (TPSA) is 59.5 Å². The lowest BCUT2D eigenvalue weighted by molar-refractivity contribution is 0.0757. The molecule has 1 aromatic carbocycles. The molecule has 3 rings (SSSR count). The smallest absolute Gasteiger partial charge is 0.246 e. The van der Waals surface area contributed by atoms with Gasteiger partial charge in [-0.1, -0.05) is 0 Å². The zero-order valence-electron chi connectivity index (χ0n) is 11.3. The van der Waals surface area contributed by atoms with Gasteiger partial charge in [0.1, 0.15) is 28.4 Å². The minimum absolute atomic E-state index is 0.0766. The maximum absolute atomic E-state index is 13.6. The average Bonchev–Trinajstić information content (AvgIpc) is 2.45. The van der Waals surface area contributed by atoms with E-state index in [2.05, 4.69) is 4.98 Å². The summed E-state index contributed by atoms with van der Waals surface area (Å²) in [5.41, 5.74) is 0. The van der Waals surface area contributed by atoms with Crippen molar-refractivity contribution in [3.05, 3.63) is 54.4 Å². The molecule has 0 amide bonds. The van der Waals surface area contributed by atoms with Gasteiger partial charge >= 0.3 is 0 Å². The van der Waals surface area contributed by atoms with Crippen LogP contribution in [0.25, 0.3) is 0 Å². The van der Waals surface area contributed by atoms with Crippen molar-refractivity contribution in [3.8, 4) is 5.75 Å². The van der Waals surface area contributed by atoms with E-state index in [0.29, 0.717) is 11.8 Å². The van der Waals surface area contributed by atoms with Crippen LogP contribution in [0.4, 0.5) is 8.78 Å². The first-order valence-corrected chi connectivity index (χ1v) is 7.93. The van der Waals surface area contributed by atoms with E-state index in [1.54, 1.807) is 18.3 Å². The van der Waals surface area contributed by atoms with Gasteiger partial charge in [0.25, 0.3) is 0 Å². The molecular weight excluding hydrogens is 314 g/mol. The minimum Gasteiger partial charge on any atom is -0.486 e. The van der Waals surface area contributed by atoms with Gasteiger partial charge in [-0.05, 0) is 30.3 Å². The molecule has 2 aromatic rings. The van der Waals surface area contributed by atoms with Crippen LogP contribution in [0.5, 0.6) is 5.75 Å². The number of sulfonamides is 1. The van der Waals surface area contributed by atoms with Crippen LogP contribution in [0.2, 0.25) is 0 Å². The fourth-order valence-corrected chi connectivity index (χ4v) is 3.67. The van der Waals surface area contributed by atoms with Crippen LogP contribution < -0.4 is 4.74 Å². The van der Waals surface area contributed by atoms with Crippen LogP contribution >= 0.6 is 0 Å². The summed E-state index contributed by atoms with van der Waals surface area (Å²) < 4.78 is 57.8. The molecule has 0 atom stereocenters. The number of ether oxygens (including phenoxy) is 1. The fourth-order valence-electron chi connectivity index (χ4n) is 2.09. The van der Waals surface area contributed by atoms with E-state index in [9.17, 15) is 17.2 Å². The zero-order chi connectivity index (χ0) is 15.7. The maximum Gasteiger partial charge on any atom is 0.246 e. The van der Waals surface area contributed by atoms with Gasteiger partial charge in [0.15, 0.2) is 0 Å². The summed E-state index contributed by atoms with van der Waals surface area (Å²) in [5.74, 6) is -1.25. The Morgan fingerprint density at radius 1 is 1.23 bits per heavy atom. The third kappa shape index (κ3) is 2.79. The van der Waals surface area contributed by atoms with Crippen LogP contribution in [0.3, 0.4) is 0 Å². The molecule has 5 nitrogen and oxygen atoms in total. The van der Waals surface area contributed by atoms with Crippen molar-refractivity contribution in [1.82, 2.24) is 9.29 Å². The molecule has 22 heavy (non-hydrogen) atoms. The summed E-state index contributed by atoms with van der Waals surface area (Å²) in [7, 11) is -4.06. The first kappa shape index (κ1) is 14.9. The van der Waals surface area contributed by atoms with Crippen LogP contribution in [0, 0.1) is 11.6 Å². The fraction of sp³-hybridized carbons (Fsp3) is 0.214. The summed E-state index contributed by atoms with van der Waals surface area (Å²) in [5, 5.41) is 0. The molecule has 0 N–H and O–H groups in total. The largest absolute Gasteiger partial charge is 0.486 e. The predicted molar refractivity (Wildman–Crippen MR) is 73.8 cm³/mol. The molecule has 0 aliphatic carbocycles. The number of rotatable bonds is 4. The molecule has 1 saturated heterocycles. The van der Waals surface area contributed by atoms with Gasteiger partial charge in [-0.3, -0.25) is 4.98 Å². The third-order valence-electron chi connectivity index (χ3n) is 3.26. The lowest BCUT2D eigenvalue weighted by Crippen LogP contribution is -2.56. The number of pyridine rings is 1. The molecule has 1 aromatic heterocycles. The normalized spacial score (nSPS) is 16.3. The minimum atomic E-state index is -4.06. The highest BCUT2D eigenvalue weighted by Gasteiger charge is 2.39. The molecule has 116 valence electrons. The number of nitrogens with zero attached hydrogens (tertiary/aromatic N) is 2. The average molecular weight is 326 g/mol. The lowest BCUT2D eigenvalue weighted by Gasteiger charge is -2.37. The highest BCUT2D eigenvalue weighted by atomic mass is 32.2. The monoisotopic (exact) mass is 326 g/mol. The molecule has 0 unspecified atom stereocenters. The van der Waals surface area contributed by atoms with E-state index in [-0.39, 0.29) is 19.2 Å². The van der Waals surface area contributed by atoms with Crippen LogP contribution in [0.15, 0.2) is 47.6 Å². The van der Waals surface area contributed by atoms with Crippen molar-refractivity contribution in [2.45, 2.75) is 11.0 Å². The SMILES string of the molecule is O=S(=O)(c1cc(F)ccc1F)N1CC(Oc2cccnc2)C1. The van der Waals surface area contributed by atoms with Crippen molar-refractivity contribution >= 4 is 10.0 Å². The summed E-state index contributed by atoms with van der Waals surface area (Å²) in [6.07, 6.45) is 2.77. The Morgan fingerprint density at radius 2 is 2.00 bits per heavy atom. The number of benzene rings is 1. The van der Waals surface area contributed by atoms with Gasteiger partial charge in [0.2, 0.25) is 10.0 Å². The molecule has 0 radical (unpaired) electrons. The zero-order valence-corrected chi connectivity index (χ0v) is 12.1. The highest BCUT2D eigenvalue weighted by molar-refractivity contribution is 7.89. The van der Waals surface area contributed by atoms with Crippen molar-refractivity contribution < 1.29 is 21.9 Å². The van der Waals surface area contributed by atoms with E-state index in [1.165, 1.54) is 6.20 Å². The summed E-state index contributed by atoms with van der Waals surface area (Å²) in [6, 6.07) is 5.76. The summed E-state index contributed by atoms with van der Waals surface area (Å²) in [6.45, 7) is 0.153. The van der Waals surface area contributed by atoms with Crippen molar-refractivity contribution in [3.63, 3.8) is 0 Å². The van der Waals surface area contributed by atoms with Gasteiger partial charge in [-0.15, -0.1) is 0 Å². The van der Waals surface area contributed by atoms with E-state index in [1.807, 2.05) is 0 Å². The lowest BCUT2D eigenvalue weighted by atomic mass is 10.2. The second-order valence-corrected chi connectivity index (χ2v) is 6.73. The maximum atomic E-state index is 13.6. The molecule has 2 heterocycles. The van der Waals surface area contributed by atoms with Gasteiger partial charge in [-0.2, -0.15) is 4.31 Å². The van der Waals surface area contributed by atoms with Crippen molar-refractivity contribution in [2.24, 2.45) is 0 Å². The molecule has 0 bridgehead atoms. The Morgan fingerprint density at radius 3 is 2.68 bits per heavy atom. The van der Waals surface area contributed by atoms with Crippen LogP contribution in [-0.4, -0.2) is 36.9 Å². The molecule has 1 aliphatic heterocycles. The summed E-state index contributed by atoms with van der Waals surface area (Å²) >= 11 is 0. The Bertz CT molecular complexity index is 778. The van der Waals surface area contributed by atoms with Gasteiger partial charge < -0.3 is 4.74 Å². The standard InChI is InChI=1S/C14H12F2N2O3S/c15-10-3-4-13(16)14(6-10)22(19,20)18-8-12(9-18)21-11-2-1-5-17-7-11/h1-7,12H,8-9H2. The number of hydrogen-bond donors (Lipinski definition) is 0. The molecule has 8 heteroatoms. The highest BCUT2D eigenvalue weighted by Crippen LogP contribution is 2.26. The molecule has 1 fully saturated rings. The molecular formula is C14H12F2N2O3S.